The van der Waals surface area contributed by atoms with Gasteiger partial charge >= 0.3 is 0 Å². The highest BCUT2D eigenvalue weighted by molar-refractivity contribution is 6.18. The van der Waals surface area contributed by atoms with Gasteiger partial charge in [0, 0.05) is 18.3 Å². The summed E-state index contributed by atoms with van der Waals surface area (Å²) in [6.45, 7) is 3.95. The zero-order valence-electron chi connectivity index (χ0n) is 11.9. The third-order valence-electron chi connectivity index (χ3n) is 3.57. The van der Waals surface area contributed by atoms with E-state index in [0.717, 1.165) is 11.4 Å². The number of alkyl halides is 1. The van der Waals surface area contributed by atoms with E-state index in [9.17, 15) is 0 Å². The number of nitrogens with zero attached hydrogens (tertiary/aromatic N) is 4. The number of hydrogen-bond acceptors (Lipinski definition) is 4. The summed E-state index contributed by atoms with van der Waals surface area (Å²) in [6.07, 6.45) is 3.57. The molecule has 6 heteroatoms. The van der Waals surface area contributed by atoms with Gasteiger partial charge in [0.25, 0.3) is 0 Å². The van der Waals surface area contributed by atoms with Crippen molar-refractivity contribution in [2.75, 3.05) is 11.2 Å². The van der Waals surface area contributed by atoms with E-state index in [4.69, 9.17) is 11.6 Å². The van der Waals surface area contributed by atoms with Gasteiger partial charge in [-0.05, 0) is 19.4 Å². The van der Waals surface area contributed by atoms with Gasteiger partial charge in [-0.2, -0.15) is 0 Å². The van der Waals surface area contributed by atoms with Crippen LogP contribution in [0.4, 0.5) is 5.82 Å². The van der Waals surface area contributed by atoms with Gasteiger partial charge in [-0.3, -0.25) is 4.40 Å². The molecule has 0 aliphatic rings. The molecule has 0 amide bonds. The maximum Gasteiger partial charge on any atom is 0.203 e. The Kier molecular flexibility index (Phi) is 3.51. The van der Waals surface area contributed by atoms with Crippen LogP contribution in [0.25, 0.3) is 5.65 Å². The van der Waals surface area contributed by atoms with E-state index < -0.39 is 5.54 Å². The lowest BCUT2D eigenvalue weighted by Crippen LogP contribution is -2.34. The molecular weight excluding hydrogens is 286 g/mol. The molecule has 0 aliphatic carbocycles. The smallest absolute Gasteiger partial charge is 0.203 e. The number of anilines is 1. The fourth-order valence-corrected chi connectivity index (χ4v) is 2.50. The molecule has 1 aromatic carbocycles. The van der Waals surface area contributed by atoms with Crippen LogP contribution in [0.5, 0.6) is 0 Å². The van der Waals surface area contributed by atoms with Crippen LogP contribution in [0.2, 0.25) is 0 Å². The zero-order valence-corrected chi connectivity index (χ0v) is 12.7. The van der Waals surface area contributed by atoms with Crippen molar-refractivity contribution in [2.45, 2.75) is 19.4 Å². The van der Waals surface area contributed by atoms with E-state index in [-0.39, 0.29) is 0 Å². The van der Waals surface area contributed by atoms with Gasteiger partial charge in [-0.25, -0.2) is 4.98 Å². The molecule has 0 radical (unpaired) electrons. The maximum atomic E-state index is 6.22. The van der Waals surface area contributed by atoms with Crippen molar-refractivity contribution in [3.8, 4) is 0 Å². The van der Waals surface area contributed by atoms with Gasteiger partial charge in [0.15, 0.2) is 5.82 Å². The topological polar surface area (TPSA) is 55.1 Å². The number of halogens is 1. The lowest BCUT2D eigenvalue weighted by Gasteiger charge is -2.29. The van der Waals surface area contributed by atoms with Crippen molar-refractivity contribution in [1.29, 1.82) is 0 Å². The molecule has 0 bridgehead atoms. The van der Waals surface area contributed by atoms with E-state index in [2.05, 4.69) is 20.5 Å². The minimum atomic E-state index is -0.433. The molecule has 0 saturated heterocycles. The molecule has 2 aromatic heterocycles. The first-order valence-electron chi connectivity index (χ1n) is 6.70. The lowest BCUT2D eigenvalue weighted by atomic mass is 9.94. The predicted octanol–water partition coefficient (Wildman–Crippen LogP) is 3.00. The van der Waals surface area contributed by atoms with E-state index in [0.29, 0.717) is 17.3 Å². The van der Waals surface area contributed by atoms with Crippen molar-refractivity contribution in [3.05, 3.63) is 54.1 Å². The van der Waals surface area contributed by atoms with Gasteiger partial charge in [-0.15, -0.1) is 21.8 Å². The Morgan fingerprint density at radius 2 is 2.00 bits per heavy atom. The third-order valence-corrected chi connectivity index (χ3v) is 4.10. The second-order valence-corrected chi connectivity index (χ2v) is 5.44. The Morgan fingerprint density at radius 3 is 2.71 bits per heavy atom. The second kappa shape index (κ2) is 5.33. The van der Waals surface area contributed by atoms with Gasteiger partial charge in [0.2, 0.25) is 5.65 Å². The Bertz CT molecular complexity index is 755. The number of aromatic nitrogens is 4. The van der Waals surface area contributed by atoms with Gasteiger partial charge in [0.1, 0.15) is 5.82 Å². The molecule has 1 unspecified atom stereocenters. The Balaban J connectivity index is 2.04. The first-order valence-corrected chi connectivity index (χ1v) is 7.23. The standard InChI is InChI=1S/C15H16ClN5/c1-11-19-20-14-13(17-8-9-21(11)14)18-15(2,10-16)12-6-4-3-5-7-12/h3-9H,10H2,1-2H3,(H,17,18). The summed E-state index contributed by atoms with van der Waals surface area (Å²) in [4.78, 5) is 4.39. The quantitative estimate of drug-likeness (QED) is 0.753. The summed E-state index contributed by atoms with van der Waals surface area (Å²) in [5, 5.41) is 11.7. The molecule has 3 aromatic rings. The highest BCUT2D eigenvalue weighted by atomic mass is 35.5. The van der Waals surface area contributed by atoms with Crippen LogP contribution >= 0.6 is 11.6 Å². The molecule has 21 heavy (non-hydrogen) atoms. The number of benzene rings is 1. The van der Waals surface area contributed by atoms with Crippen LogP contribution in [0.15, 0.2) is 42.7 Å². The average molecular weight is 302 g/mol. The van der Waals surface area contributed by atoms with Gasteiger partial charge < -0.3 is 5.32 Å². The van der Waals surface area contributed by atoms with Crippen LogP contribution in [0, 0.1) is 6.92 Å². The highest BCUT2D eigenvalue weighted by Gasteiger charge is 2.27. The summed E-state index contributed by atoms with van der Waals surface area (Å²) in [6, 6.07) is 10.1. The van der Waals surface area contributed by atoms with E-state index in [1.807, 2.05) is 54.8 Å². The van der Waals surface area contributed by atoms with Crippen molar-refractivity contribution >= 4 is 23.1 Å². The van der Waals surface area contributed by atoms with E-state index >= 15 is 0 Å². The van der Waals surface area contributed by atoms with Crippen molar-refractivity contribution < 1.29 is 0 Å². The van der Waals surface area contributed by atoms with E-state index in [1.165, 1.54) is 0 Å². The molecule has 0 saturated carbocycles. The molecule has 108 valence electrons. The molecule has 0 fully saturated rings. The summed E-state index contributed by atoms with van der Waals surface area (Å²) >= 11 is 6.22. The molecule has 0 spiro atoms. The minimum absolute atomic E-state index is 0.410. The number of rotatable bonds is 4. The van der Waals surface area contributed by atoms with Crippen molar-refractivity contribution in [2.24, 2.45) is 0 Å². The second-order valence-electron chi connectivity index (χ2n) is 5.17. The summed E-state index contributed by atoms with van der Waals surface area (Å²) in [5.74, 6) is 1.90. The largest absolute Gasteiger partial charge is 0.356 e. The van der Waals surface area contributed by atoms with Crippen LogP contribution < -0.4 is 5.32 Å². The molecule has 1 atom stereocenters. The zero-order chi connectivity index (χ0) is 14.9. The Morgan fingerprint density at radius 1 is 1.24 bits per heavy atom. The minimum Gasteiger partial charge on any atom is -0.356 e. The van der Waals surface area contributed by atoms with Gasteiger partial charge in [-0.1, -0.05) is 30.3 Å². The number of hydrogen-bond donors (Lipinski definition) is 1. The van der Waals surface area contributed by atoms with Gasteiger partial charge in [0.05, 0.1) is 5.54 Å². The van der Waals surface area contributed by atoms with Crippen LogP contribution in [0.1, 0.15) is 18.3 Å². The Labute approximate surface area is 128 Å². The summed E-state index contributed by atoms with van der Waals surface area (Å²) in [5.41, 5.74) is 1.36. The average Bonchev–Trinajstić information content (AvgIpc) is 2.91. The van der Waals surface area contributed by atoms with Crippen LogP contribution in [0.3, 0.4) is 0 Å². The number of aryl methyl sites for hydroxylation is 1. The SMILES string of the molecule is Cc1nnc2c(NC(C)(CCl)c3ccccc3)nccn12. The lowest BCUT2D eigenvalue weighted by molar-refractivity contribution is 0.614. The predicted molar refractivity (Wildman–Crippen MR) is 83.7 cm³/mol. The highest BCUT2D eigenvalue weighted by Crippen LogP contribution is 2.28. The van der Waals surface area contributed by atoms with E-state index in [1.54, 1.807) is 6.20 Å². The number of fused-ring (bicyclic) bond motifs is 1. The summed E-state index contributed by atoms with van der Waals surface area (Å²) < 4.78 is 1.90. The van der Waals surface area contributed by atoms with Crippen molar-refractivity contribution in [1.82, 2.24) is 19.6 Å². The van der Waals surface area contributed by atoms with Crippen LogP contribution in [-0.4, -0.2) is 25.5 Å². The first kappa shape index (κ1) is 13.8. The molecule has 1 N–H and O–H groups in total. The van der Waals surface area contributed by atoms with Crippen molar-refractivity contribution in [3.63, 3.8) is 0 Å². The van der Waals surface area contributed by atoms with Crippen LogP contribution in [-0.2, 0) is 5.54 Å². The molecule has 5 nitrogen and oxygen atoms in total. The summed E-state index contributed by atoms with van der Waals surface area (Å²) in [7, 11) is 0. The first-order chi connectivity index (χ1) is 10.1. The maximum absolute atomic E-state index is 6.22. The fraction of sp³-hybridized carbons (Fsp3) is 0.267. The fourth-order valence-electron chi connectivity index (χ4n) is 2.28. The normalized spacial score (nSPS) is 14.0. The molecule has 2 heterocycles. The number of nitrogens with one attached hydrogen (secondary N) is 1. The monoisotopic (exact) mass is 301 g/mol. The Hall–Kier alpha value is -2.14. The molecule has 0 aliphatic heterocycles. The molecule has 3 rings (SSSR count). The third kappa shape index (κ3) is 2.45. The molecular formula is C15H16ClN5.